The molecule has 21 nitrogen and oxygen atoms in total. The molecule has 0 unspecified atom stereocenters. The van der Waals surface area contributed by atoms with Gasteiger partial charge in [-0.15, -0.1) is 20.4 Å². The number of nitrogen functional groups attached to an aromatic ring is 1. The first-order chi connectivity index (χ1) is 27.9. The van der Waals surface area contributed by atoms with Crippen molar-refractivity contribution in [1.29, 1.82) is 0 Å². The van der Waals surface area contributed by atoms with Crippen molar-refractivity contribution in [3.05, 3.63) is 72.3 Å². The van der Waals surface area contributed by atoms with Gasteiger partial charge in [-0.2, -0.15) is 30.0 Å². The highest BCUT2D eigenvalue weighted by molar-refractivity contribution is 6.00. The summed E-state index contributed by atoms with van der Waals surface area (Å²) in [5.41, 5.74) is 10.7. The molecule has 4 aromatic heterocycles. The number of methoxy groups -OCH3 is 2. The quantitative estimate of drug-likeness (QED) is 0.104. The third-order valence-corrected chi connectivity index (χ3v) is 8.92. The van der Waals surface area contributed by atoms with E-state index in [1.165, 1.54) is 29.8 Å². The summed E-state index contributed by atoms with van der Waals surface area (Å²) in [7, 11) is 9.59. The topological polar surface area (TPSA) is 269 Å². The highest BCUT2D eigenvalue weighted by Gasteiger charge is 2.39. The fraction of sp³-hybridized carbons (Fsp3) is 0.270. The number of nitrogens with two attached hydrogens (primary N) is 1. The minimum atomic E-state index is -0.419. The van der Waals surface area contributed by atoms with E-state index < -0.39 is 5.91 Å². The molecule has 2 atom stereocenters. The van der Waals surface area contributed by atoms with Crippen molar-refractivity contribution in [2.75, 3.05) is 50.0 Å². The molecule has 1 aliphatic carbocycles. The van der Waals surface area contributed by atoms with E-state index in [1.807, 2.05) is 37.3 Å². The number of aromatic nitrogens is 10. The summed E-state index contributed by atoms with van der Waals surface area (Å²) in [4.78, 5) is 39.7. The maximum atomic E-state index is 12.4. The number of amides is 3. The third kappa shape index (κ3) is 8.88. The largest absolute Gasteiger partial charge is 0.494 e. The molecule has 1 saturated carbocycles. The Hall–Kier alpha value is -7.71. The highest BCUT2D eigenvalue weighted by atomic mass is 16.5. The molecule has 7 N–H and O–H groups in total. The lowest BCUT2D eigenvalue weighted by Crippen LogP contribution is -2.22. The molecule has 0 saturated heterocycles. The van der Waals surface area contributed by atoms with Gasteiger partial charge in [-0.3, -0.25) is 14.4 Å². The van der Waals surface area contributed by atoms with Gasteiger partial charge >= 0.3 is 0 Å². The van der Waals surface area contributed by atoms with E-state index in [1.54, 1.807) is 52.8 Å². The molecule has 0 radical (unpaired) electrons. The van der Waals surface area contributed by atoms with Gasteiger partial charge < -0.3 is 41.8 Å². The van der Waals surface area contributed by atoms with Crippen LogP contribution in [0.1, 0.15) is 34.3 Å². The van der Waals surface area contributed by atoms with Gasteiger partial charge in [0.25, 0.3) is 11.8 Å². The first kappa shape index (κ1) is 40.0. The highest BCUT2D eigenvalue weighted by Crippen LogP contribution is 2.40. The predicted octanol–water partition coefficient (Wildman–Crippen LogP) is 2.94. The third-order valence-electron chi connectivity index (χ3n) is 8.92. The molecule has 2 aromatic carbocycles. The second-order valence-corrected chi connectivity index (χ2v) is 13.0. The van der Waals surface area contributed by atoms with Crippen molar-refractivity contribution < 1.29 is 23.9 Å². The van der Waals surface area contributed by atoms with Crippen molar-refractivity contribution in [3.8, 4) is 34.0 Å². The number of hydrogen-bond acceptors (Lipinski definition) is 16. The fourth-order valence-corrected chi connectivity index (χ4v) is 5.87. The minimum Gasteiger partial charge on any atom is -0.494 e. The van der Waals surface area contributed by atoms with Crippen molar-refractivity contribution in [3.63, 3.8) is 0 Å². The predicted molar refractivity (Wildman–Crippen MR) is 214 cm³/mol. The van der Waals surface area contributed by atoms with Crippen LogP contribution in [0.15, 0.2) is 60.9 Å². The van der Waals surface area contributed by atoms with Gasteiger partial charge in [0.05, 0.1) is 49.4 Å². The van der Waals surface area contributed by atoms with Crippen LogP contribution in [-0.4, -0.2) is 96.4 Å². The number of nitrogens with one attached hydrogen (secondary N) is 5. The van der Waals surface area contributed by atoms with Gasteiger partial charge in [-0.1, -0.05) is 19.1 Å². The number of hydrogen-bond donors (Lipinski definition) is 6. The van der Waals surface area contributed by atoms with Crippen LogP contribution in [0.25, 0.3) is 22.5 Å². The van der Waals surface area contributed by atoms with E-state index >= 15 is 0 Å². The molecular weight excluding hydrogens is 749 g/mol. The van der Waals surface area contributed by atoms with Crippen LogP contribution < -0.4 is 41.8 Å². The molecule has 0 bridgehead atoms. The van der Waals surface area contributed by atoms with Crippen LogP contribution in [-0.2, 0) is 18.9 Å². The summed E-state index contributed by atoms with van der Waals surface area (Å²) in [6.45, 7) is 2.02. The first-order valence-electron chi connectivity index (χ1n) is 17.8. The average Bonchev–Trinajstić information content (AvgIpc) is 3.55. The van der Waals surface area contributed by atoms with Gasteiger partial charge in [-0.25, -0.2) is 0 Å². The smallest absolute Gasteiger partial charge is 0.273 e. The number of carbonyl (C=O) groups is 3. The summed E-state index contributed by atoms with van der Waals surface area (Å²) in [6, 6.07) is 14.1. The molecule has 58 heavy (non-hydrogen) atoms. The minimum absolute atomic E-state index is 0.0180. The molecule has 0 aliphatic heterocycles. The molecule has 1 fully saturated rings. The van der Waals surface area contributed by atoms with Gasteiger partial charge in [0.15, 0.2) is 28.7 Å². The molecule has 3 amide bonds. The van der Waals surface area contributed by atoms with E-state index in [-0.39, 0.29) is 40.8 Å². The number of ether oxygens (including phenoxy) is 2. The van der Waals surface area contributed by atoms with Crippen LogP contribution >= 0.6 is 0 Å². The lowest BCUT2D eigenvalue weighted by atomic mass is 10.1. The van der Waals surface area contributed by atoms with Crippen molar-refractivity contribution >= 4 is 52.1 Å². The molecule has 0 spiro atoms. The average molecular weight is 791 g/mol. The molecule has 1 aliphatic rings. The van der Waals surface area contributed by atoms with Crippen LogP contribution in [0, 0.1) is 11.8 Å². The summed E-state index contributed by atoms with van der Waals surface area (Å²) in [5.74, 6) is 0.942. The number of aryl methyl sites for hydroxylation is 2. The van der Waals surface area contributed by atoms with Crippen molar-refractivity contribution in [1.82, 2.24) is 61.0 Å². The molecule has 4 heterocycles. The van der Waals surface area contributed by atoms with E-state index in [0.29, 0.717) is 51.6 Å². The molecule has 6 aromatic rings. The Morgan fingerprint density at radius 2 is 1.21 bits per heavy atom. The number of nitrogens with zero attached hydrogens (tertiary/aromatic N) is 10. The summed E-state index contributed by atoms with van der Waals surface area (Å²) in [6.07, 6.45) is 4.13. The molecular formula is C37H42N16O5. The Kier molecular flexibility index (Phi) is 12.0. The van der Waals surface area contributed by atoms with Crippen LogP contribution in [0.2, 0.25) is 0 Å². The van der Waals surface area contributed by atoms with Crippen molar-refractivity contribution in [2.24, 2.45) is 25.9 Å². The summed E-state index contributed by atoms with van der Waals surface area (Å²) in [5, 5.41) is 46.7. The summed E-state index contributed by atoms with van der Waals surface area (Å²) < 4.78 is 11.2. The second kappa shape index (κ2) is 17.4. The van der Waals surface area contributed by atoms with Gasteiger partial charge in [0.1, 0.15) is 17.2 Å². The van der Waals surface area contributed by atoms with Crippen LogP contribution in [0.5, 0.6) is 11.5 Å². The fourth-order valence-electron chi connectivity index (χ4n) is 5.87. The summed E-state index contributed by atoms with van der Waals surface area (Å²) >= 11 is 0. The SMILES string of the molecule is CNC(=O)c1nnc(N)cc1Nc1cccc(-c2cnn(C)n2)c1OC.CNC(=O)c1nnc(NC(=O)[C@@H]2C[C@@H]2C)cc1Nc1cccc(-c2cnn(C)n2)c1OC. The number of rotatable bonds is 12. The number of anilines is 6. The van der Waals surface area contributed by atoms with Gasteiger partial charge in [0.2, 0.25) is 5.91 Å². The van der Waals surface area contributed by atoms with E-state index in [0.717, 1.165) is 17.5 Å². The van der Waals surface area contributed by atoms with Gasteiger partial charge in [-0.05, 0) is 36.6 Å². The maximum absolute atomic E-state index is 12.4. The Labute approximate surface area is 332 Å². The van der Waals surface area contributed by atoms with Crippen LogP contribution in [0.4, 0.5) is 34.4 Å². The Morgan fingerprint density at radius 1 is 0.724 bits per heavy atom. The molecule has 21 heteroatoms. The Morgan fingerprint density at radius 3 is 1.64 bits per heavy atom. The lowest BCUT2D eigenvalue weighted by molar-refractivity contribution is -0.117. The lowest BCUT2D eigenvalue weighted by Gasteiger charge is -2.16. The maximum Gasteiger partial charge on any atom is 0.273 e. The van der Waals surface area contributed by atoms with Crippen LogP contribution in [0.3, 0.4) is 0 Å². The second-order valence-electron chi connectivity index (χ2n) is 13.0. The Bertz CT molecular complexity index is 2470. The normalized spacial score (nSPS) is 14.0. The number of carbonyl (C=O) groups excluding carboxylic acids is 3. The zero-order valence-electron chi connectivity index (χ0n) is 32.7. The first-order valence-corrected chi connectivity index (χ1v) is 17.8. The standard InChI is InChI=1S/C21H24N8O3.C16H18N8O2/c1-11-8-13(11)20(30)25-17-9-15(18(27-26-17)21(31)22-2)24-14-7-5-6-12(19(14)32-4)16-10-23-29(3)28-16;1-18-16(25)14-11(7-13(17)21-22-14)20-10-6-4-5-9(15(10)26-3)12-8-19-24(2)23-12/h5-7,9-11,13H,8H2,1-4H3,(H,22,31)(H2,24,25,26,30);4-8H,1-3H3,(H,18,25)(H3,17,20,21)/t11-,13+;/m0./s1. The Balaban J connectivity index is 0.000000200. The van der Waals surface area contributed by atoms with E-state index in [9.17, 15) is 14.4 Å². The zero-order valence-corrected chi connectivity index (χ0v) is 32.7. The van der Waals surface area contributed by atoms with Gasteiger partial charge in [0, 0.05) is 57.4 Å². The molecule has 7 rings (SSSR count). The van der Waals surface area contributed by atoms with Crippen molar-refractivity contribution in [2.45, 2.75) is 13.3 Å². The zero-order chi connectivity index (χ0) is 41.5. The number of para-hydroxylation sites is 2. The monoisotopic (exact) mass is 790 g/mol. The van der Waals surface area contributed by atoms with E-state index in [2.05, 4.69) is 67.4 Å². The number of benzene rings is 2. The van der Waals surface area contributed by atoms with E-state index in [4.69, 9.17) is 15.2 Å². The molecule has 300 valence electrons.